The van der Waals surface area contributed by atoms with Gasteiger partial charge in [0.1, 0.15) is 5.82 Å². The van der Waals surface area contributed by atoms with Crippen LogP contribution >= 0.6 is 23.4 Å². The van der Waals surface area contributed by atoms with Crippen LogP contribution in [0.1, 0.15) is 0 Å². The molecule has 1 amide bonds. The Bertz CT molecular complexity index is 1160. The maximum atomic E-state index is 13.7. The fourth-order valence-electron chi connectivity index (χ4n) is 3.33. The zero-order valence-corrected chi connectivity index (χ0v) is 17.9. The Hall–Kier alpha value is -2.42. The molecule has 9 heteroatoms. The van der Waals surface area contributed by atoms with Gasteiger partial charge in [-0.2, -0.15) is 0 Å². The van der Waals surface area contributed by atoms with E-state index in [2.05, 4.69) is 9.88 Å². The van der Waals surface area contributed by atoms with Gasteiger partial charge in [0.25, 0.3) is 5.56 Å². The molecule has 1 aromatic heterocycles. The van der Waals surface area contributed by atoms with Gasteiger partial charge in [-0.1, -0.05) is 35.5 Å². The lowest BCUT2D eigenvalue weighted by molar-refractivity contribution is -0.129. The molecular formula is C21H20ClFN4O2S. The molecule has 30 heavy (non-hydrogen) atoms. The Kier molecular flexibility index (Phi) is 6.08. The van der Waals surface area contributed by atoms with Crippen LogP contribution in [0.15, 0.2) is 52.4 Å². The molecule has 0 bridgehead atoms. The molecule has 0 unspecified atom stereocenters. The first-order valence-corrected chi connectivity index (χ1v) is 10.9. The van der Waals surface area contributed by atoms with Gasteiger partial charge in [0.15, 0.2) is 5.16 Å². The summed E-state index contributed by atoms with van der Waals surface area (Å²) in [6.45, 7) is 3.04. The standard InChI is InChI=1S/C21H20ClFN4O2S/c1-25-8-10-26(11-9-25)19(28)13-30-21-24-18-5-3-2-4-15(18)20(29)27(21)14-6-7-17(23)16(22)12-14/h2-7,12H,8-11,13H2,1H3. The van der Waals surface area contributed by atoms with E-state index >= 15 is 0 Å². The lowest BCUT2D eigenvalue weighted by Gasteiger charge is -2.32. The lowest BCUT2D eigenvalue weighted by atomic mass is 10.2. The van der Waals surface area contributed by atoms with Crippen molar-refractivity contribution in [3.05, 3.63) is 63.7 Å². The summed E-state index contributed by atoms with van der Waals surface area (Å²) in [4.78, 5) is 34.5. The highest BCUT2D eigenvalue weighted by atomic mass is 35.5. The summed E-state index contributed by atoms with van der Waals surface area (Å²) in [6, 6.07) is 11.1. The van der Waals surface area contributed by atoms with E-state index in [1.165, 1.54) is 34.5 Å². The molecule has 0 radical (unpaired) electrons. The summed E-state index contributed by atoms with van der Waals surface area (Å²) >= 11 is 7.14. The smallest absolute Gasteiger partial charge is 0.266 e. The SMILES string of the molecule is CN1CCN(C(=O)CSc2nc3ccccc3c(=O)n2-c2ccc(F)c(Cl)c2)CC1. The number of aromatic nitrogens is 2. The van der Waals surface area contributed by atoms with Gasteiger partial charge in [-0.15, -0.1) is 0 Å². The fourth-order valence-corrected chi connectivity index (χ4v) is 4.42. The summed E-state index contributed by atoms with van der Waals surface area (Å²) in [5.41, 5.74) is 0.651. The number of carbonyl (C=O) groups is 1. The second-order valence-electron chi connectivity index (χ2n) is 7.12. The summed E-state index contributed by atoms with van der Waals surface area (Å²) in [7, 11) is 2.03. The molecule has 2 aromatic carbocycles. The topological polar surface area (TPSA) is 58.4 Å². The molecule has 156 valence electrons. The number of hydrogen-bond donors (Lipinski definition) is 0. The van der Waals surface area contributed by atoms with Crippen molar-refractivity contribution in [3.8, 4) is 5.69 Å². The molecule has 2 heterocycles. The minimum Gasteiger partial charge on any atom is -0.339 e. The number of hydrogen-bond acceptors (Lipinski definition) is 5. The number of carbonyl (C=O) groups excluding carboxylic acids is 1. The van der Waals surface area contributed by atoms with Gasteiger partial charge in [-0.25, -0.2) is 9.37 Å². The van der Waals surface area contributed by atoms with E-state index in [-0.39, 0.29) is 22.2 Å². The third kappa shape index (κ3) is 4.21. The molecule has 6 nitrogen and oxygen atoms in total. The van der Waals surface area contributed by atoms with Crippen LogP contribution in [0.25, 0.3) is 16.6 Å². The van der Waals surface area contributed by atoms with Crippen molar-refractivity contribution in [1.29, 1.82) is 0 Å². The van der Waals surface area contributed by atoms with E-state index in [1.807, 2.05) is 11.9 Å². The first-order valence-electron chi connectivity index (χ1n) is 9.50. The zero-order chi connectivity index (χ0) is 21.3. The van der Waals surface area contributed by atoms with Gasteiger partial charge in [0.05, 0.1) is 27.4 Å². The van der Waals surface area contributed by atoms with E-state index in [0.29, 0.717) is 34.8 Å². The van der Waals surface area contributed by atoms with Gasteiger partial charge < -0.3 is 9.80 Å². The van der Waals surface area contributed by atoms with E-state index in [4.69, 9.17) is 11.6 Å². The number of halogens is 2. The predicted octanol–water partition coefficient (Wildman–Crippen LogP) is 3.04. The Balaban J connectivity index is 1.70. The molecule has 0 atom stereocenters. The van der Waals surface area contributed by atoms with Crippen LogP contribution < -0.4 is 5.56 Å². The highest BCUT2D eigenvalue weighted by Crippen LogP contribution is 2.24. The predicted molar refractivity (Wildman–Crippen MR) is 117 cm³/mol. The van der Waals surface area contributed by atoms with Crippen molar-refractivity contribution >= 4 is 40.2 Å². The Morgan fingerprint density at radius 1 is 1.17 bits per heavy atom. The average molecular weight is 447 g/mol. The van der Waals surface area contributed by atoms with Crippen LogP contribution in [-0.2, 0) is 4.79 Å². The second-order valence-corrected chi connectivity index (χ2v) is 8.47. The number of nitrogens with zero attached hydrogens (tertiary/aromatic N) is 4. The quantitative estimate of drug-likeness (QED) is 0.455. The number of para-hydroxylation sites is 1. The monoisotopic (exact) mass is 446 g/mol. The van der Waals surface area contributed by atoms with Crippen LogP contribution in [-0.4, -0.2) is 64.2 Å². The molecule has 1 aliphatic rings. The Morgan fingerprint density at radius 2 is 1.90 bits per heavy atom. The highest BCUT2D eigenvalue weighted by Gasteiger charge is 2.21. The largest absolute Gasteiger partial charge is 0.339 e. The molecule has 0 spiro atoms. The number of likely N-dealkylation sites (N-methyl/N-ethyl adjacent to an activating group) is 1. The number of fused-ring (bicyclic) bond motifs is 1. The molecule has 1 aliphatic heterocycles. The second kappa shape index (κ2) is 8.75. The fraction of sp³-hybridized carbons (Fsp3) is 0.286. The number of amides is 1. The Morgan fingerprint density at radius 3 is 2.63 bits per heavy atom. The molecule has 0 aliphatic carbocycles. The number of thioether (sulfide) groups is 1. The third-order valence-electron chi connectivity index (χ3n) is 5.09. The van der Waals surface area contributed by atoms with Crippen LogP contribution in [0.3, 0.4) is 0 Å². The molecule has 3 aromatic rings. The van der Waals surface area contributed by atoms with Crippen LogP contribution in [0.5, 0.6) is 0 Å². The number of piperazine rings is 1. The van der Waals surface area contributed by atoms with Crippen LogP contribution in [0.4, 0.5) is 4.39 Å². The van der Waals surface area contributed by atoms with E-state index in [1.54, 1.807) is 24.3 Å². The molecule has 1 saturated heterocycles. The maximum Gasteiger partial charge on any atom is 0.266 e. The average Bonchev–Trinajstić information content (AvgIpc) is 2.75. The normalized spacial score (nSPS) is 15.0. The van der Waals surface area contributed by atoms with Crippen molar-refractivity contribution in [3.63, 3.8) is 0 Å². The first-order chi connectivity index (χ1) is 14.4. The maximum absolute atomic E-state index is 13.7. The Labute approximate surface area is 182 Å². The minimum absolute atomic E-state index is 0.000744. The lowest BCUT2D eigenvalue weighted by Crippen LogP contribution is -2.47. The van der Waals surface area contributed by atoms with Crippen molar-refractivity contribution in [2.24, 2.45) is 0 Å². The van der Waals surface area contributed by atoms with Gasteiger partial charge in [-0.3, -0.25) is 14.2 Å². The highest BCUT2D eigenvalue weighted by molar-refractivity contribution is 7.99. The summed E-state index contributed by atoms with van der Waals surface area (Å²) in [5.74, 6) is -0.412. The molecular weight excluding hydrogens is 427 g/mol. The van der Waals surface area contributed by atoms with Gasteiger partial charge >= 0.3 is 0 Å². The van der Waals surface area contributed by atoms with Gasteiger partial charge in [0.2, 0.25) is 5.91 Å². The first kappa shape index (κ1) is 20.8. The van der Waals surface area contributed by atoms with Crippen LogP contribution in [0, 0.1) is 5.82 Å². The van der Waals surface area contributed by atoms with E-state index in [9.17, 15) is 14.0 Å². The van der Waals surface area contributed by atoms with E-state index in [0.717, 1.165) is 13.1 Å². The molecule has 0 N–H and O–H groups in total. The van der Waals surface area contributed by atoms with Crippen molar-refractivity contribution in [2.75, 3.05) is 39.0 Å². The van der Waals surface area contributed by atoms with Crippen molar-refractivity contribution in [2.45, 2.75) is 5.16 Å². The third-order valence-corrected chi connectivity index (χ3v) is 6.30. The van der Waals surface area contributed by atoms with Crippen molar-refractivity contribution in [1.82, 2.24) is 19.4 Å². The molecule has 0 saturated carbocycles. The van der Waals surface area contributed by atoms with Crippen LogP contribution in [0.2, 0.25) is 5.02 Å². The molecule has 1 fully saturated rings. The van der Waals surface area contributed by atoms with Gasteiger partial charge in [-0.05, 0) is 37.4 Å². The number of benzene rings is 2. The summed E-state index contributed by atoms with van der Waals surface area (Å²) < 4.78 is 15.0. The van der Waals surface area contributed by atoms with Gasteiger partial charge in [0, 0.05) is 26.2 Å². The molecule has 4 rings (SSSR count). The van der Waals surface area contributed by atoms with Crippen molar-refractivity contribution < 1.29 is 9.18 Å². The minimum atomic E-state index is -0.568. The van der Waals surface area contributed by atoms with E-state index < -0.39 is 5.82 Å². The zero-order valence-electron chi connectivity index (χ0n) is 16.3. The number of rotatable bonds is 4. The summed E-state index contributed by atoms with van der Waals surface area (Å²) in [5, 5.41) is 0.716. The summed E-state index contributed by atoms with van der Waals surface area (Å²) in [6.07, 6.45) is 0.